The molecular formula is C15H16ClFN2O. The van der Waals surface area contributed by atoms with Crippen LogP contribution in [-0.2, 0) is 6.42 Å². The molecule has 3 nitrogen and oxygen atoms in total. The molecule has 1 atom stereocenters. The first kappa shape index (κ1) is 14.8. The highest BCUT2D eigenvalue weighted by molar-refractivity contribution is 6.30. The zero-order chi connectivity index (χ0) is 14.5. The SMILES string of the molecule is COc1ccc(Cl)cc1C(Cc1cccc(F)c1)NN. The van der Waals surface area contributed by atoms with E-state index in [0.717, 1.165) is 11.1 Å². The smallest absolute Gasteiger partial charge is 0.123 e. The first-order chi connectivity index (χ1) is 9.63. The Morgan fingerprint density at radius 1 is 1.30 bits per heavy atom. The molecule has 2 rings (SSSR count). The Kier molecular flexibility index (Phi) is 4.95. The molecule has 2 aromatic rings. The lowest BCUT2D eigenvalue weighted by Gasteiger charge is -2.19. The molecule has 0 fully saturated rings. The van der Waals surface area contributed by atoms with Crippen LogP contribution in [0.3, 0.4) is 0 Å². The molecule has 0 bridgehead atoms. The molecule has 0 saturated heterocycles. The van der Waals surface area contributed by atoms with Gasteiger partial charge in [0.2, 0.25) is 0 Å². The second-order valence-corrected chi connectivity index (χ2v) is 4.88. The van der Waals surface area contributed by atoms with Crippen LogP contribution in [0.25, 0.3) is 0 Å². The van der Waals surface area contributed by atoms with Gasteiger partial charge in [-0.2, -0.15) is 0 Å². The monoisotopic (exact) mass is 294 g/mol. The van der Waals surface area contributed by atoms with Crippen LogP contribution in [0.5, 0.6) is 5.75 Å². The summed E-state index contributed by atoms with van der Waals surface area (Å²) in [5.74, 6) is 6.04. The Morgan fingerprint density at radius 2 is 2.10 bits per heavy atom. The third kappa shape index (κ3) is 3.48. The van der Waals surface area contributed by atoms with Crippen molar-refractivity contribution in [2.45, 2.75) is 12.5 Å². The van der Waals surface area contributed by atoms with E-state index >= 15 is 0 Å². The van der Waals surface area contributed by atoms with E-state index in [1.807, 2.05) is 6.07 Å². The van der Waals surface area contributed by atoms with Crippen molar-refractivity contribution in [3.63, 3.8) is 0 Å². The minimum atomic E-state index is -0.267. The fraction of sp³-hybridized carbons (Fsp3) is 0.200. The van der Waals surface area contributed by atoms with Crippen molar-refractivity contribution in [1.29, 1.82) is 0 Å². The van der Waals surface area contributed by atoms with Crippen molar-refractivity contribution in [3.8, 4) is 5.75 Å². The molecule has 3 N–H and O–H groups in total. The number of hydrogen-bond acceptors (Lipinski definition) is 3. The van der Waals surface area contributed by atoms with Crippen molar-refractivity contribution < 1.29 is 9.13 Å². The topological polar surface area (TPSA) is 47.3 Å². The Labute approximate surface area is 122 Å². The zero-order valence-electron chi connectivity index (χ0n) is 11.1. The molecule has 0 aliphatic carbocycles. The second kappa shape index (κ2) is 6.70. The van der Waals surface area contributed by atoms with E-state index in [0.29, 0.717) is 17.2 Å². The summed E-state index contributed by atoms with van der Waals surface area (Å²) in [5, 5.41) is 0.597. The van der Waals surface area contributed by atoms with Gasteiger partial charge < -0.3 is 4.74 Å². The van der Waals surface area contributed by atoms with Gasteiger partial charge in [-0.05, 0) is 42.3 Å². The van der Waals surface area contributed by atoms with E-state index in [1.54, 1.807) is 31.4 Å². The average molecular weight is 295 g/mol. The molecule has 0 aliphatic heterocycles. The van der Waals surface area contributed by atoms with Gasteiger partial charge in [-0.1, -0.05) is 23.7 Å². The average Bonchev–Trinajstić information content (AvgIpc) is 2.45. The van der Waals surface area contributed by atoms with Gasteiger partial charge >= 0.3 is 0 Å². The highest BCUT2D eigenvalue weighted by Crippen LogP contribution is 2.30. The number of ether oxygens (including phenoxy) is 1. The molecule has 0 aromatic heterocycles. The predicted molar refractivity (Wildman–Crippen MR) is 78.2 cm³/mol. The summed E-state index contributed by atoms with van der Waals surface area (Å²) >= 11 is 6.02. The number of methoxy groups -OCH3 is 1. The summed E-state index contributed by atoms with van der Waals surface area (Å²) in [4.78, 5) is 0. The maximum atomic E-state index is 13.2. The molecule has 1 unspecified atom stereocenters. The third-order valence-electron chi connectivity index (χ3n) is 3.10. The Hall–Kier alpha value is -1.62. The van der Waals surface area contributed by atoms with Gasteiger partial charge in [0.15, 0.2) is 0 Å². The first-order valence-corrected chi connectivity index (χ1v) is 6.56. The van der Waals surface area contributed by atoms with Crippen molar-refractivity contribution >= 4 is 11.6 Å². The maximum absolute atomic E-state index is 13.2. The van der Waals surface area contributed by atoms with E-state index in [2.05, 4.69) is 5.43 Å². The molecule has 5 heteroatoms. The van der Waals surface area contributed by atoms with E-state index in [1.165, 1.54) is 12.1 Å². The zero-order valence-corrected chi connectivity index (χ0v) is 11.8. The van der Waals surface area contributed by atoms with Gasteiger partial charge in [-0.15, -0.1) is 0 Å². The van der Waals surface area contributed by atoms with E-state index < -0.39 is 0 Å². The number of benzene rings is 2. The fourth-order valence-corrected chi connectivity index (χ4v) is 2.32. The van der Waals surface area contributed by atoms with E-state index in [-0.39, 0.29) is 11.9 Å². The minimum Gasteiger partial charge on any atom is -0.496 e. The molecule has 20 heavy (non-hydrogen) atoms. The molecule has 0 radical (unpaired) electrons. The third-order valence-corrected chi connectivity index (χ3v) is 3.33. The molecule has 0 aliphatic rings. The van der Waals surface area contributed by atoms with Crippen LogP contribution >= 0.6 is 11.6 Å². The number of hydrazine groups is 1. The second-order valence-electron chi connectivity index (χ2n) is 4.44. The number of hydrogen-bond donors (Lipinski definition) is 2. The minimum absolute atomic E-state index is 0.217. The van der Waals surface area contributed by atoms with Crippen molar-refractivity contribution in [1.82, 2.24) is 5.43 Å². The summed E-state index contributed by atoms with van der Waals surface area (Å²) < 4.78 is 18.6. The van der Waals surface area contributed by atoms with Crippen LogP contribution in [0.1, 0.15) is 17.2 Å². The summed E-state index contributed by atoms with van der Waals surface area (Å²) in [6, 6.07) is 11.5. The number of nitrogens with two attached hydrogens (primary N) is 1. The van der Waals surface area contributed by atoms with Crippen molar-refractivity contribution in [3.05, 3.63) is 64.4 Å². The Balaban J connectivity index is 2.30. The summed E-state index contributed by atoms with van der Waals surface area (Å²) in [6.07, 6.45) is 0.533. The van der Waals surface area contributed by atoms with Crippen LogP contribution < -0.4 is 16.0 Å². The normalized spacial score (nSPS) is 12.2. The molecule has 0 amide bonds. The van der Waals surface area contributed by atoms with Crippen LogP contribution in [0.4, 0.5) is 4.39 Å². The lowest BCUT2D eigenvalue weighted by molar-refractivity contribution is 0.399. The Bertz CT molecular complexity index is 592. The Morgan fingerprint density at radius 3 is 2.75 bits per heavy atom. The standard InChI is InChI=1S/C15H16ClFN2O/c1-20-15-6-5-11(16)9-13(15)14(19-18)8-10-3-2-4-12(17)7-10/h2-7,9,14,19H,8,18H2,1H3. The quantitative estimate of drug-likeness (QED) is 0.657. The van der Waals surface area contributed by atoms with Gasteiger partial charge in [-0.25, -0.2) is 4.39 Å². The summed E-state index contributed by atoms with van der Waals surface area (Å²) in [6.45, 7) is 0. The van der Waals surface area contributed by atoms with Gasteiger partial charge in [0.25, 0.3) is 0 Å². The van der Waals surface area contributed by atoms with E-state index in [9.17, 15) is 4.39 Å². The van der Waals surface area contributed by atoms with Gasteiger partial charge in [0.1, 0.15) is 11.6 Å². The number of halogens is 2. The fourth-order valence-electron chi connectivity index (χ4n) is 2.14. The van der Waals surface area contributed by atoms with Crippen molar-refractivity contribution in [2.75, 3.05) is 7.11 Å². The maximum Gasteiger partial charge on any atom is 0.123 e. The van der Waals surface area contributed by atoms with Crippen LogP contribution in [0, 0.1) is 5.82 Å². The molecule has 0 saturated carbocycles. The van der Waals surface area contributed by atoms with Gasteiger partial charge in [-0.3, -0.25) is 11.3 Å². The highest BCUT2D eigenvalue weighted by atomic mass is 35.5. The van der Waals surface area contributed by atoms with E-state index in [4.69, 9.17) is 22.2 Å². The van der Waals surface area contributed by atoms with Crippen LogP contribution in [-0.4, -0.2) is 7.11 Å². The lowest BCUT2D eigenvalue weighted by Crippen LogP contribution is -2.30. The largest absolute Gasteiger partial charge is 0.496 e. The highest BCUT2D eigenvalue weighted by Gasteiger charge is 2.16. The summed E-state index contributed by atoms with van der Waals surface area (Å²) in [5.41, 5.74) is 4.41. The number of rotatable bonds is 5. The predicted octanol–water partition coefficient (Wildman–Crippen LogP) is 3.23. The molecule has 0 heterocycles. The molecule has 2 aromatic carbocycles. The lowest BCUT2D eigenvalue weighted by atomic mass is 9.98. The van der Waals surface area contributed by atoms with Crippen LogP contribution in [0.2, 0.25) is 5.02 Å². The molecular weight excluding hydrogens is 279 g/mol. The number of nitrogens with one attached hydrogen (secondary N) is 1. The first-order valence-electron chi connectivity index (χ1n) is 6.18. The molecule has 0 spiro atoms. The van der Waals surface area contributed by atoms with Crippen LogP contribution in [0.15, 0.2) is 42.5 Å². The van der Waals surface area contributed by atoms with Gasteiger partial charge in [0.05, 0.1) is 13.2 Å². The van der Waals surface area contributed by atoms with Crippen molar-refractivity contribution in [2.24, 2.45) is 5.84 Å². The summed E-state index contributed by atoms with van der Waals surface area (Å²) in [7, 11) is 1.59. The molecule has 106 valence electrons. The van der Waals surface area contributed by atoms with Gasteiger partial charge in [0, 0.05) is 10.6 Å².